The van der Waals surface area contributed by atoms with Gasteiger partial charge < -0.3 is 9.47 Å². The summed E-state index contributed by atoms with van der Waals surface area (Å²) < 4.78 is 10.9. The minimum absolute atomic E-state index is 0.0775. The highest BCUT2D eigenvalue weighted by Crippen LogP contribution is 2.41. The predicted molar refractivity (Wildman–Crippen MR) is 128 cm³/mol. The van der Waals surface area contributed by atoms with Gasteiger partial charge in [0.1, 0.15) is 11.4 Å². The molecule has 0 amide bonds. The first-order chi connectivity index (χ1) is 15.4. The van der Waals surface area contributed by atoms with E-state index in [1.54, 1.807) is 24.2 Å². The van der Waals surface area contributed by atoms with E-state index in [1.807, 2.05) is 6.92 Å². The van der Waals surface area contributed by atoms with Crippen molar-refractivity contribution in [3.8, 4) is 17.6 Å². The summed E-state index contributed by atoms with van der Waals surface area (Å²) >= 11 is 1.78. The number of hydrogen-bond acceptors (Lipinski definition) is 6. The molecule has 32 heavy (non-hydrogen) atoms. The quantitative estimate of drug-likeness (QED) is 0.234. The Morgan fingerprint density at radius 2 is 2.03 bits per heavy atom. The maximum Gasteiger partial charge on any atom is 0.305 e. The number of aromatic nitrogens is 2. The molecule has 0 radical (unpaired) electrons. The summed E-state index contributed by atoms with van der Waals surface area (Å²) in [4.78, 5) is 21.5. The highest BCUT2D eigenvalue weighted by molar-refractivity contribution is 7.99. The number of esters is 1. The number of carbonyl (C=O) groups excluding carboxylic acids is 1. The van der Waals surface area contributed by atoms with Crippen LogP contribution in [0.2, 0.25) is 0 Å². The zero-order valence-electron chi connectivity index (χ0n) is 19.5. The largest absolute Gasteiger partial charge is 0.493 e. The molecule has 1 aromatic heterocycles. The Morgan fingerprint density at radius 3 is 2.75 bits per heavy atom. The Labute approximate surface area is 195 Å². The molecule has 6 heteroatoms. The van der Waals surface area contributed by atoms with Gasteiger partial charge in [-0.25, -0.2) is 4.98 Å². The van der Waals surface area contributed by atoms with Crippen molar-refractivity contribution >= 4 is 17.7 Å². The van der Waals surface area contributed by atoms with Crippen LogP contribution in [0.4, 0.5) is 0 Å². The molecule has 0 bridgehead atoms. The molecule has 5 nitrogen and oxygen atoms in total. The molecule has 3 rings (SSSR count). The summed E-state index contributed by atoms with van der Waals surface area (Å²) in [5.74, 6) is 8.31. The first-order valence-corrected chi connectivity index (χ1v) is 12.3. The maximum atomic E-state index is 11.4. The Kier molecular flexibility index (Phi) is 8.58. The molecule has 1 aromatic carbocycles. The van der Waals surface area contributed by atoms with Crippen LogP contribution in [0.15, 0.2) is 29.4 Å². The Balaban J connectivity index is 1.69. The van der Waals surface area contributed by atoms with E-state index in [2.05, 4.69) is 54.7 Å². The molecular weight excluding hydrogens is 420 g/mol. The number of hydrogen-bond donors (Lipinski definition) is 0. The van der Waals surface area contributed by atoms with E-state index in [0.717, 1.165) is 59.9 Å². The van der Waals surface area contributed by atoms with Crippen molar-refractivity contribution in [1.82, 2.24) is 9.97 Å². The number of ether oxygens (including phenoxy) is 2. The number of unbranched alkanes of at least 4 members (excludes halogenated alkanes) is 1. The van der Waals surface area contributed by atoms with Crippen LogP contribution in [0.1, 0.15) is 75.9 Å². The number of benzene rings is 1. The minimum Gasteiger partial charge on any atom is -0.493 e. The second kappa shape index (κ2) is 11.4. The molecule has 1 aliphatic heterocycles. The van der Waals surface area contributed by atoms with Crippen LogP contribution < -0.4 is 4.74 Å². The van der Waals surface area contributed by atoms with Crippen LogP contribution in [-0.2, 0) is 21.4 Å². The molecule has 0 saturated heterocycles. The fourth-order valence-electron chi connectivity index (χ4n) is 3.62. The highest BCUT2D eigenvalue weighted by Gasteiger charge is 2.29. The molecule has 1 aliphatic rings. The third-order valence-electron chi connectivity index (χ3n) is 5.50. The van der Waals surface area contributed by atoms with E-state index in [9.17, 15) is 4.79 Å². The zero-order valence-corrected chi connectivity index (χ0v) is 20.3. The van der Waals surface area contributed by atoms with Crippen molar-refractivity contribution < 1.29 is 14.3 Å². The van der Waals surface area contributed by atoms with Crippen molar-refractivity contribution in [2.75, 3.05) is 19.0 Å². The number of fused-ring (bicyclic) bond motifs is 1. The van der Waals surface area contributed by atoms with E-state index >= 15 is 0 Å². The Morgan fingerprint density at radius 1 is 1.19 bits per heavy atom. The zero-order chi connectivity index (χ0) is 23.0. The van der Waals surface area contributed by atoms with Crippen molar-refractivity contribution in [3.05, 3.63) is 47.0 Å². The normalized spacial score (nSPS) is 14.0. The van der Waals surface area contributed by atoms with Crippen molar-refractivity contribution in [3.63, 3.8) is 0 Å². The predicted octanol–water partition coefficient (Wildman–Crippen LogP) is 5.32. The minimum atomic E-state index is -0.137. The lowest BCUT2D eigenvalue weighted by Gasteiger charge is -2.33. The smallest absolute Gasteiger partial charge is 0.305 e. The molecule has 0 spiro atoms. The summed E-state index contributed by atoms with van der Waals surface area (Å²) in [6.45, 7) is 9.67. The third kappa shape index (κ3) is 6.49. The average Bonchev–Trinajstić information content (AvgIpc) is 2.76. The number of rotatable bonds is 8. The lowest BCUT2D eigenvalue weighted by Crippen LogP contribution is -2.26. The summed E-state index contributed by atoms with van der Waals surface area (Å²) in [5.41, 5.74) is 3.88. The van der Waals surface area contributed by atoms with Gasteiger partial charge in [0.25, 0.3) is 0 Å². The first kappa shape index (κ1) is 24.1. The highest BCUT2D eigenvalue weighted by atomic mass is 32.2. The third-order valence-corrected chi connectivity index (χ3v) is 6.43. The maximum absolute atomic E-state index is 11.4. The van der Waals surface area contributed by atoms with Crippen LogP contribution in [-0.4, -0.2) is 34.9 Å². The molecule has 0 aliphatic carbocycles. The topological polar surface area (TPSA) is 61.3 Å². The summed E-state index contributed by atoms with van der Waals surface area (Å²) in [5, 5.41) is 0. The van der Waals surface area contributed by atoms with Gasteiger partial charge in [0.2, 0.25) is 0 Å². The van der Waals surface area contributed by atoms with Crippen LogP contribution in [0.25, 0.3) is 0 Å². The van der Waals surface area contributed by atoms with Crippen LogP contribution in [0, 0.1) is 11.8 Å². The van der Waals surface area contributed by atoms with Gasteiger partial charge >= 0.3 is 5.97 Å². The van der Waals surface area contributed by atoms with Gasteiger partial charge in [0, 0.05) is 28.6 Å². The van der Waals surface area contributed by atoms with Gasteiger partial charge in [-0.3, -0.25) is 9.78 Å². The monoisotopic (exact) mass is 452 g/mol. The molecule has 0 unspecified atom stereocenters. The van der Waals surface area contributed by atoms with E-state index in [-0.39, 0.29) is 11.4 Å². The molecule has 0 fully saturated rings. The van der Waals surface area contributed by atoms with E-state index in [1.165, 1.54) is 5.56 Å². The van der Waals surface area contributed by atoms with Gasteiger partial charge in [-0.15, -0.1) is 11.8 Å². The SMILES string of the molecule is CCOC(=O)CCCCc1cnc(C#Cc2cc3c(cc2SCC)OCCC3(C)C)cn1. The summed E-state index contributed by atoms with van der Waals surface area (Å²) in [6.07, 6.45) is 7.41. The Hall–Kier alpha value is -2.52. The lowest BCUT2D eigenvalue weighted by atomic mass is 9.79. The van der Waals surface area contributed by atoms with Crippen molar-refractivity contribution in [2.24, 2.45) is 0 Å². The molecule has 0 atom stereocenters. The summed E-state index contributed by atoms with van der Waals surface area (Å²) in [7, 11) is 0. The van der Waals surface area contributed by atoms with Crippen LogP contribution in [0.5, 0.6) is 5.75 Å². The second-order valence-corrected chi connectivity index (χ2v) is 9.72. The average molecular weight is 453 g/mol. The van der Waals surface area contributed by atoms with Crippen molar-refractivity contribution in [1.29, 1.82) is 0 Å². The number of nitrogens with zero attached hydrogens (tertiary/aromatic N) is 2. The van der Waals surface area contributed by atoms with Gasteiger partial charge in [-0.1, -0.05) is 26.7 Å². The van der Waals surface area contributed by atoms with E-state index in [0.29, 0.717) is 18.7 Å². The van der Waals surface area contributed by atoms with E-state index < -0.39 is 0 Å². The molecule has 2 heterocycles. The van der Waals surface area contributed by atoms with Gasteiger partial charge in [0.15, 0.2) is 0 Å². The fraction of sp³-hybridized carbons (Fsp3) is 0.500. The fourth-order valence-corrected chi connectivity index (χ4v) is 4.39. The molecule has 170 valence electrons. The lowest BCUT2D eigenvalue weighted by molar-refractivity contribution is -0.143. The number of carbonyl (C=O) groups is 1. The van der Waals surface area contributed by atoms with Crippen molar-refractivity contribution in [2.45, 2.75) is 70.1 Å². The molecule has 2 aromatic rings. The van der Waals surface area contributed by atoms with E-state index in [4.69, 9.17) is 9.47 Å². The van der Waals surface area contributed by atoms with Gasteiger partial charge in [0.05, 0.1) is 25.1 Å². The Bertz CT molecular complexity index is 991. The van der Waals surface area contributed by atoms with Gasteiger partial charge in [-0.2, -0.15) is 0 Å². The number of thioether (sulfide) groups is 1. The number of aryl methyl sites for hydroxylation is 1. The van der Waals surface area contributed by atoms with Crippen LogP contribution in [0.3, 0.4) is 0 Å². The summed E-state index contributed by atoms with van der Waals surface area (Å²) in [6, 6.07) is 4.32. The second-order valence-electron chi connectivity index (χ2n) is 8.41. The van der Waals surface area contributed by atoms with Gasteiger partial charge in [-0.05, 0) is 61.8 Å². The standard InChI is InChI=1S/C26H32N2O3S/c1-5-30-25(29)10-8-7-9-20-17-28-21(18-27-20)12-11-19-15-22-23(16-24(19)32-6-2)31-14-13-26(22,3)4/h15-18H,5-10,13-14H2,1-4H3. The molecule has 0 N–H and O–H groups in total. The van der Waals surface area contributed by atoms with Crippen LogP contribution >= 0.6 is 11.8 Å². The molecular formula is C26H32N2O3S. The first-order valence-electron chi connectivity index (χ1n) is 11.4. The molecule has 0 saturated carbocycles.